The lowest BCUT2D eigenvalue weighted by molar-refractivity contribution is -0.111. The van der Waals surface area contributed by atoms with Gasteiger partial charge in [-0.15, -0.1) is 0 Å². The van der Waals surface area contributed by atoms with Crippen LogP contribution < -0.4 is 24.8 Å². The number of pyridine rings is 1. The first-order valence-corrected chi connectivity index (χ1v) is 12.4. The molecule has 3 aromatic carbocycles. The number of carbonyl (C=O) groups is 1. The van der Waals surface area contributed by atoms with Gasteiger partial charge in [0.15, 0.2) is 11.5 Å². The largest absolute Gasteiger partial charge is 0.495 e. The molecule has 2 N–H and O–H groups in total. The van der Waals surface area contributed by atoms with Crippen LogP contribution in [0.1, 0.15) is 29.7 Å². The molecule has 37 heavy (non-hydrogen) atoms. The molecular weight excluding hydrogens is 466 g/mol. The summed E-state index contributed by atoms with van der Waals surface area (Å²) in [6.07, 6.45) is 7.47. The first-order chi connectivity index (χ1) is 18.2. The summed E-state index contributed by atoms with van der Waals surface area (Å²) in [6, 6.07) is 19.3. The highest BCUT2D eigenvalue weighted by Crippen LogP contribution is 2.38. The number of aromatic nitrogens is 1. The van der Waals surface area contributed by atoms with E-state index < -0.39 is 0 Å². The van der Waals surface area contributed by atoms with E-state index in [9.17, 15) is 4.79 Å². The predicted molar refractivity (Wildman–Crippen MR) is 145 cm³/mol. The third kappa shape index (κ3) is 4.68. The Bertz CT molecular complexity index is 1530. The van der Waals surface area contributed by atoms with Crippen molar-refractivity contribution in [1.82, 2.24) is 4.98 Å². The number of anilines is 3. The van der Waals surface area contributed by atoms with Gasteiger partial charge in [-0.05, 0) is 85.4 Å². The van der Waals surface area contributed by atoms with E-state index in [4.69, 9.17) is 19.2 Å². The summed E-state index contributed by atoms with van der Waals surface area (Å²) >= 11 is 0. The van der Waals surface area contributed by atoms with Gasteiger partial charge in [-0.1, -0.05) is 18.2 Å². The highest BCUT2D eigenvalue weighted by molar-refractivity contribution is 6.04. The van der Waals surface area contributed by atoms with Gasteiger partial charge < -0.3 is 24.8 Å². The van der Waals surface area contributed by atoms with Gasteiger partial charge >= 0.3 is 0 Å². The average Bonchev–Trinajstić information content (AvgIpc) is 3.40. The summed E-state index contributed by atoms with van der Waals surface area (Å²) in [5, 5.41) is 7.58. The number of methoxy groups -OCH3 is 1. The second kappa shape index (κ2) is 9.85. The van der Waals surface area contributed by atoms with E-state index >= 15 is 0 Å². The summed E-state index contributed by atoms with van der Waals surface area (Å²) in [5.74, 6) is 1.95. The number of amides is 1. The van der Waals surface area contributed by atoms with Crippen LogP contribution >= 0.6 is 0 Å². The maximum atomic E-state index is 12.7. The van der Waals surface area contributed by atoms with Gasteiger partial charge in [0.1, 0.15) is 5.75 Å². The minimum atomic E-state index is -0.220. The summed E-state index contributed by atoms with van der Waals surface area (Å²) in [6.45, 7) is 0.219. The standard InChI is InChI=1S/C30H27N3O4/c1-35-26-9-5-4-8-25(26)33-30-21-6-2-3-7-23(21)32-24-13-12-20(17-22(24)30)31-29(34)15-11-19-10-14-27-28(16-19)37-18-36-27/h4-5,8-17H,2-3,6-7,18H2,1H3,(H,31,34)(H,32,33)/b15-11+. The van der Waals surface area contributed by atoms with Crippen LogP contribution in [0.5, 0.6) is 17.2 Å². The van der Waals surface area contributed by atoms with E-state index in [1.165, 1.54) is 11.6 Å². The smallest absolute Gasteiger partial charge is 0.248 e. The molecule has 186 valence electrons. The zero-order chi connectivity index (χ0) is 25.2. The Kier molecular flexibility index (Phi) is 6.10. The van der Waals surface area contributed by atoms with Gasteiger partial charge in [0.05, 0.1) is 24.0 Å². The monoisotopic (exact) mass is 493 g/mol. The fourth-order valence-electron chi connectivity index (χ4n) is 4.90. The molecule has 2 heterocycles. The summed E-state index contributed by atoms with van der Waals surface area (Å²) in [4.78, 5) is 17.7. The normalized spacial score (nSPS) is 14.0. The van der Waals surface area contributed by atoms with E-state index in [-0.39, 0.29) is 12.7 Å². The molecule has 1 aliphatic heterocycles. The molecule has 0 saturated carbocycles. The lowest BCUT2D eigenvalue weighted by Crippen LogP contribution is -2.11. The zero-order valence-electron chi connectivity index (χ0n) is 20.5. The Morgan fingerprint density at radius 3 is 2.78 bits per heavy atom. The molecule has 1 aromatic heterocycles. The van der Waals surface area contributed by atoms with E-state index in [0.717, 1.165) is 65.0 Å². The van der Waals surface area contributed by atoms with Crippen LogP contribution in [0.2, 0.25) is 0 Å². The molecule has 0 fully saturated rings. The highest BCUT2D eigenvalue weighted by Gasteiger charge is 2.20. The number of ether oxygens (including phenoxy) is 3. The molecule has 2 aliphatic rings. The van der Waals surface area contributed by atoms with Crippen molar-refractivity contribution >= 4 is 39.9 Å². The number of fused-ring (bicyclic) bond motifs is 3. The number of para-hydroxylation sites is 2. The Balaban J connectivity index is 1.31. The SMILES string of the molecule is COc1ccccc1Nc1c2c(nc3ccc(NC(=O)/C=C/c4ccc5c(c4)OCO5)cc13)CCCC2. The second-order valence-electron chi connectivity index (χ2n) is 9.11. The minimum Gasteiger partial charge on any atom is -0.495 e. The van der Waals surface area contributed by atoms with E-state index in [1.807, 2.05) is 60.7 Å². The first-order valence-electron chi connectivity index (χ1n) is 12.4. The van der Waals surface area contributed by atoms with Crippen LogP contribution in [-0.2, 0) is 17.6 Å². The van der Waals surface area contributed by atoms with Gasteiger partial charge in [0.2, 0.25) is 12.7 Å². The molecule has 7 heteroatoms. The summed E-state index contributed by atoms with van der Waals surface area (Å²) in [7, 11) is 1.67. The topological polar surface area (TPSA) is 81.7 Å². The van der Waals surface area contributed by atoms with Crippen molar-refractivity contribution in [2.75, 3.05) is 24.5 Å². The fraction of sp³-hybridized carbons (Fsp3) is 0.200. The molecular formula is C30H27N3O4. The van der Waals surface area contributed by atoms with Crippen molar-refractivity contribution in [1.29, 1.82) is 0 Å². The first kappa shape index (κ1) is 22.9. The maximum Gasteiger partial charge on any atom is 0.248 e. The van der Waals surface area contributed by atoms with Gasteiger partial charge in [-0.2, -0.15) is 0 Å². The molecule has 6 rings (SSSR count). The fourth-order valence-corrected chi connectivity index (χ4v) is 4.90. The van der Waals surface area contributed by atoms with Crippen LogP contribution in [0.25, 0.3) is 17.0 Å². The lowest BCUT2D eigenvalue weighted by Gasteiger charge is -2.22. The molecule has 0 radical (unpaired) electrons. The summed E-state index contributed by atoms with van der Waals surface area (Å²) in [5.41, 5.74) is 6.75. The number of hydrogen-bond donors (Lipinski definition) is 2. The number of benzene rings is 3. The molecule has 0 unspecified atom stereocenters. The molecule has 4 aromatic rings. The number of aryl methyl sites for hydroxylation is 1. The van der Waals surface area contributed by atoms with Crippen molar-refractivity contribution in [3.05, 3.63) is 83.6 Å². The van der Waals surface area contributed by atoms with Crippen LogP contribution in [0.3, 0.4) is 0 Å². The number of nitrogens with one attached hydrogen (secondary N) is 2. The average molecular weight is 494 g/mol. The van der Waals surface area contributed by atoms with Gasteiger partial charge in [0.25, 0.3) is 0 Å². The Labute approximate surface area is 215 Å². The van der Waals surface area contributed by atoms with E-state index in [1.54, 1.807) is 13.2 Å². The molecule has 1 aliphatic carbocycles. The molecule has 1 amide bonds. The van der Waals surface area contributed by atoms with Crippen molar-refractivity contribution in [3.63, 3.8) is 0 Å². The highest BCUT2D eigenvalue weighted by atomic mass is 16.7. The third-order valence-electron chi connectivity index (χ3n) is 6.72. The van der Waals surface area contributed by atoms with E-state index in [2.05, 4.69) is 10.6 Å². The molecule has 0 spiro atoms. The van der Waals surface area contributed by atoms with Crippen LogP contribution in [0, 0.1) is 0 Å². The Morgan fingerprint density at radius 2 is 1.86 bits per heavy atom. The van der Waals surface area contributed by atoms with Crippen molar-refractivity contribution < 1.29 is 19.0 Å². The van der Waals surface area contributed by atoms with Crippen molar-refractivity contribution in [2.45, 2.75) is 25.7 Å². The minimum absolute atomic E-state index is 0.219. The van der Waals surface area contributed by atoms with Crippen molar-refractivity contribution in [2.24, 2.45) is 0 Å². The second-order valence-corrected chi connectivity index (χ2v) is 9.11. The predicted octanol–water partition coefficient (Wildman–Crippen LogP) is 6.25. The number of rotatable bonds is 6. The molecule has 7 nitrogen and oxygen atoms in total. The maximum absolute atomic E-state index is 12.7. The van der Waals surface area contributed by atoms with E-state index in [0.29, 0.717) is 17.2 Å². The molecule has 0 atom stereocenters. The quantitative estimate of drug-likeness (QED) is 0.309. The number of carbonyl (C=O) groups excluding carboxylic acids is 1. The molecule has 0 bridgehead atoms. The third-order valence-corrected chi connectivity index (χ3v) is 6.72. The van der Waals surface area contributed by atoms with Crippen LogP contribution in [0.15, 0.2) is 66.7 Å². The number of hydrogen-bond acceptors (Lipinski definition) is 6. The number of nitrogens with zero attached hydrogens (tertiary/aromatic N) is 1. The van der Waals surface area contributed by atoms with Gasteiger partial charge in [-0.25, -0.2) is 0 Å². The van der Waals surface area contributed by atoms with Crippen LogP contribution in [-0.4, -0.2) is 24.8 Å². The Morgan fingerprint density at radius 1 is 1.00 bits per heavy atom. The summed E-state index contributed by atoms with van der Waals surface area (Å²) < 4.78 is 16.3. The molecule has 0 saturated heterocycles. The van der Waals surface area contributed by atoms with Crippen LogP contribution in [0.4, 0.5) is 17.1 Å². The zero-order valence-corrected chi connectivity index (χ0v) is 20.5. The Hall–Kier alpha value is -4.52. The van der Waals surface area contributed by atoms with Gasteiger partial charge in [-0.3, -0.25) is 9.78 Å². The van der Waals surface area contributed by atoms with Crippen molar-refractivity contribution in [3.8, 4) is 17.2 Å². The lowest BCUT2D eigenvalue weighted by atomic mass is 9.92. The van der Waals surface area contributed by atoms with Gasteiger partial charge in [0, 0.05) is 22.8 Å².